The number of amides is 1. The summed E-state index contributed by atoms with van der Waals surface area (Å²) in [7, 11) is -3.84. The Morgan fingerprint density at radius 2 is 1.62 bits per heavy atom. The minimum absolute atomic E-state index is 0.280. The summed E-state index contributed by atoms with van der Waals surface area (Å²) < 4.78 is 26.3. The summed E-state index contributed by atoms with van der Waals surface area (Å²) in [4.78, 5) is 18.7. The first-order chi connectivity index (χ1) is 16.2. The number of hydrogen-bond donors (Lipinski definition) is 1. The largest absolute Gasteiger partial charge is 0.369 e. The van der Waals surface area contributed by atoms with E-state index in [2.05, 4.69) is 28.1 Å². The van der Waals surface area contributed by atoms with Crippen molar-refractivity contribution in [1.82, 2.24) is 4.90 Å². The number of carbonyl (C=O) groups excluding carboxylic acids is 1. The number of aryl methyl sites for hydroxylation is 3. The molecular formula is C27H37N3O3S. The number of benzene rings is 2. The SMILES string of the molecule is CCN1CCN(c2ccc(NC(=O)C3(S(=O)(=O)c4cc(C)ccc4C)CCCC3)c(C)c2)CC1. The van der Waals surface area contributed by atoms with Crippen molar-refractivity contribution in [3.8, 4) is 0 Å². The average Bonchev–Trinajstić information content (AvgIpc) is 3.34. The molecule has 2 aliphatic rings. The van der Waals surface area contributed by atoms with E-state index in [1.807, 2.05) is 38.1 Å². The lowest BCUT2D eigenvalue weighted by Gasteiger charge is -2.35. The summed E-state index contributed by atoms with van der Waals surface area (Å²) >= 11 is 0. The number of likely N-dealkylation sites (N-methyl/N-ethyl adjacent to an activating group) is 1. The van der Waals surface area contributed by atoms with Gasteiger partial charge >= 0.3 is 0 Å². The number of sulfone groups is 1. The highest BCUT2D eigenvalue weighted by Gasteiger charge is 2.53. The zero-order valence-corrected chi connectivity index (χ0v) is 21.7. The zero-order valence-electron chi connectivity index (χ0n) is 20.9. The Morgan fingerprint density at radius 1 is 0.941 bits per heavy atom. The number of carbonyl (C=O) groups is 1. The van der Waals surface area contributed by atoms with Gasteiger partial charge in [-0.2, -0.15) is 0 Å². The first kappa shape index (κ1) is 24.7. The second-order valence-corrected chi connectivity index (χ2v) is 12.1. The van der Waals surface area contributed by atoms with Crippen LogP contribution in [0.3, 0.4) is 0 Å². The molecule has 1 heterocycles. The molecule has 1 N–H and O–H groups in total. The average molecular weight is 484 g/mol. The topological polar surface area (TPSA) is 69.7 Å². The van der Waals surface area contributed by atoms with Crippen molar-refractivity contribution >= 4 is 27.1 Å². The first-order valence-corrected chi connectivity index (χ1v) is 13.9. The smallest absolute Gasteiger partial charge is 0.246 e. The quantitative estimate of drug-likeness (QED) is 0.656. The molecule has 1 aliphatic carbocycles. The van der Waals surface area contributed by atoms with Gasteiger partial charge in [-0.3, -0.25) is 4.79 Å². The Kier molecular flexibility index (Phi) is 7.06. The fourth-order valence-corrected chi connectivity index (χ4v) is 7.69. The molecule has 1 amide bonds. The second-order valence-electron chi connectivity index (χ2n) is 9.85. The molecular weight excluding hydrogens is 446 g/mol. The summed E-state index contributed by atoms with van der Waals surface area (Å²) in [5, 5.41) is 3.00. The molecule has 0 bridgehead atoms. The molecule has 6 nitrogen and oxygen atoms in total. The van der Waals surface area contributed by atoms with E-state index in [-0.39, 0.29) is 4.90 Å². The minimum atomic E-state index is -3.84. The van der Waals surface area contributed by atoms with Crippen molar-refractivity contribution in [1.29, 1.82) is 0 Å². The number of hydrogen-bond acceptors (Lipinski definition) is 5. The fraction of sp³-hybridized carbons (Fsp3) is 0.519. The molecule has 2 fully saturated rings. The molecule has 1 aliphatic heterocycles. The van der Waals surface area contributed by atoms with Gasteiger partial charge in [-0.15, -0.1) is 0 Å². The molecule has 0 radical (unpaired) electrons. The standard InChI is InChI=1S/C27H37N3O3S/c1-5-29-14-16-30(17-15-29)23-10-11-24(22(4)19-23)28-26(31)27(12-6-7-13-27)34(32,33)25-18-20(2)8-9-21(25)3/h8-11,18-19H,5-7,12-17H2,1-4H3,(H,28,31). The Balaban J connectivity index is 1.58. The normalized spacial score (nSPS) is 18.8. The molecule has 0 atom stereocenters. The summed E-state index contributed by atoms with van der Waals surface area (Å²) in [5.41, 5.74) is 4.34. The van der Waals surface area contributed by atoms with E-state index in [9.17, 15) is 13.2 Å². The third-order valence-corrected chi connectivity index (χ3v) is 10.3. The van der Waals surface area contributed by atoms with Crippen LogP contribution in [0.2, 0.25) is 0 Å². The van der Waals surface area contributed by atoms with Gasteiger partial charge in [-0.1, -0.05) is 31.9 Å². The molecule has 4 rings (SSSR count). The maximum absolute atomic E-state index is 13.9. The van der Waals surface area contributed by atoms with Crippen LogP contribution in [0.25, 0.3) is 0 Å². The lowest BCUT2D eigenvalue weighted by atomic mass is 10.1. The van der Waals surface area contributed by atoms with Crippen LogP contribution in [-0.2, 0) is 14.6 Å². The predicted molar refractivity (Wildman–Crippen MR) is 138 cm³/mol. The summed E-state index contributed by atoms with van der Waals surface area (Å²) in [6.07, 6.45) is 2.18. The lowest BCUT2D eigenvalue weighted by Crippen LogP contribution is -2.48. The summed E-state index contributed by atoms with van der Waals surface area (Å²) in [5.74, 6) is -0.404. The van der Waals surface area contributed by atoms with Gasteiger partial charge in [0.1, 0.15) is 0 Å². The van der Waals surface area contributed by atoms with Crippen molar-refractivity contribution in [2.24, 2.45) is 0 Å². The van der Waals surface area contributed by atoms with Gasteiger partial charge in [0, 0.05) is 37.6 Å². The Labute approximate surface area is 204 Å². The van der Waals surface area contributed by atoms with Crippen LogP contribution in [0.5, 0.6) is 0 Å². The van der Waals surface area contributed by atoms with Crippen LogP contribution < -0.4 is 10.2 Å². The fourth-order valence-electron chi connectivity index (χ4n) is 5.31. The Morgan fingerprint density at radius 3 is 2.24 bits per heavy atom. The minimum Gasteiger partial charge on any atom is -0.369 e. The molecule has 0 spiro atoms. The summed E-state index contributed by atoms with van der Waals surface area (Å²) in [6, 6.07) is 11.5. The highest BCUT2D eigenvalue weighted by Crippen LogP contribution is 2.42. The number of anilines is 2. The van der Waals surface area contributed by atoms with E-state index in [4.69, 9.17) is 0 Å². The third kappa shape index (κ3) is 4.48. The van der Waals surface area contributed by atoms with E-state index >= 15 is 0 Å². The Bertz CT molecular complexity index is 1160. The third-order valence-electron chi connectivity index (χ3n) is 7.62. The number of rotatable bonds is 6. The highest BCUT2D eigenvalue weighted by molar-refractivity contribution is 7.93. The number of nitrogens with zero attached hydrogens (tertiary/aromatic N) is 2. The molecule has 7 heteroatoms. The van der Waals surface area contributed by atoms with Gasteiger partial charge in [0.05, 0.1) is 4.90 Å². The maximum Gasteiger partial charge on any atom is 0.246 e. The number of piperazine rings is 1. The first-order valence-electron chi connectivity index (χ1n) is 12.4. The van der Waals surface area contributed by atoms with Crippen molar-refractivity contribution in [3.05, 3.63) is 53.1 Å². The lowest BCUT2D eigenvalue weighted by molar-refractivity contribution is -0.118. The van der Waals surface area contributed by atoms with Crippen molar-refractivity contribution < 1.29 is 13.2 Å². The van der Waals surface area contributed by atoms with E-state index < -0.39 is 20.5 Å². The maximum atomic E-state index is 13.9. The van der Waals surface area contributed by atoms with Gasteiger partial charge in [0.15, 0.2) is 14.6 Å². The molecule has 184 valence electrons. The number of nitrogens with one attached hydrogen (secondary N) is 1. The van der Waals surface area contributed by atoms with Gasteiger partial charge in [0.2, 0.25) is 5.91 Å². The van der Waals surface area contributed by atoms with E-state index in [1.165, 1.54) is 0 Å². The van der Waals surface area contributed by atoms with Gasteiger partial charge in [-0.05, 0) is 81.1 Å². The van der Waals surface area contributed by atoms with Gasteiger partial charge in [-0.25, -0.2) is 8.42 Å². The zero-order chi connectivity index (χ0) is 24.5. The van der Waals surface area contributed by atoms with Crippen molar-refractivity contribution in [2.45, 2.75) is 63.0 Å². The van der Waals surface area contributed by atoms with Crippen LogP contribution in [-0.4, -0.2) is 56.7 Å². The highest BCUT2D eigenvalue weighted by atomic mass is 32.2. The molecule has 2 aromatic carbocycles. The van der Waals surface area contributed by atoms with E-state index in [0.29, 0.717) is 24.1 Å². The molecule has 0 unspecified atom stereocenters. The molecule has 2 aromatic rings. The molecule has 0 aromatic heterocycles. The van der Waals surface area contributed by atoms with Crippen LogP contribution in [0, 0.1) is 20.8 Å². The summed E-state index contributed by atoms with van der Waals surface area (Å²) in [6.45, 7) is 13.0. The van der Waals surface area contributed by atoms with E-state index in [0.717, 1.165) is 62.4 Å². The van der Waals surface area contributed by atoms with Gasteiger partial charge in [0.25, 0.3) is 0 Å². The molecule has 1 saturated carbocycles. The van der Waals surface area contributed by atoms with Crippen LogP contribution >= 0.6 is 0 Å². The van der Waals surface area contributed by atoms with Crippen molar-refractivity contribution in [3.63, 3.8) is 0 Å². The molecule has 34 heavy (non-hydrogen) atoms. The van der Waals surface area contributed by atoms with E-state index in [1.54, 1.807) is 13.0 Å². The Hall–Kier alpha value is -2.38. The predicted octanol–water partition coefficient (Wildman–Crippen LogP) is 4.48. The van der Waals surface area contributed by atoms with Gasteiger partial charge < -0.3 is 15.1 Å². The molecule has 1 saturated heterocycles. The van der Waals surface area contributed by atoms with Crippen LogP contribution in [0.4, 0.5) is 11.4 Å². The van der Waals surface area contributed by atoms with Crippen molar-refractivity contribution in [2.75, 3.05) is 42.9 Å². The van der Waals surface area contributed by atoms with Crippen LogP contribution in [0.15, 0.2) is 41.3 Å². The second kappa shape index (κ2) is 9.70. The monoisotopic (exact) mass is 483 g/mol. The van der Waals surface area contributed by atoms with Crippen LogP contribution in [0.1, 0.15) is 49.3 Å².